The van der Waals surface area contributed by atoms with Crippen LogP contribution in [0.1, 0.15) is 26.0 Å². The predicted molar refractivity (Wildman–Crippen MR) is 99.3 cm³/mol. The van der Waals surface area contributed by atoms with Crippen LogP contribution in [-0.4, -0.2) is 47.0 Å². The SMILES string of the molecule is CC(C)C1(C(=O)NC2C(=O)OC2CF)CC(c2nccc3ccccc23)=NO1. The molecule has 1 N–H and O–H groups in total. The molecule has 1 aromatic carbocycles. The first kappa shape index (κ1) is 18.3. The molecule has 0 spiro atoms. The summed E-state index contributed by atoms with van der Waals surface area (Å²) < 4.78 is 17.6. The summed E-state index contributed by atoms with van der Waals surface area (Å²) in [5.41, 5.74) is -0.0954. The summed E-state index contributed by atoms with van der Waals surface area (Å²) in [6.07, 6.45) is 0.924. The van der Waals surface area contributed by atoms with Crippen LogP contribution in [-0.2, 0) is 19.2 Å². The Labute approximate surface area is 160 Å². The van der Waals surface area contributed by atoms with E-state index in [1.807, 2.05) is 44.2 Å². The molecule has 1 amide bonds. The number of benzene rings is 1. The van der Waals surface area contributed by atoms with Gasteiger partial charge in [0.2, 0.25) is 5.60 Å². The zero-order valence-electron chi connectivity index (χ0n) is 15.5. The number of nitrogens with zero attached hydrogens (tertiary/aromatic N) is 2. The number of aromatic nitrogens is 1. The Balaban J connectivity index is 1.60. The maximum atomic E-state index is 13.0. The largest absolute Gasteiger partial charge is 0.455 e. The summed E-state index contributed by atoms with van der Waals surface area (Å²) >= 11 is 0. The second kappa shape index (κ2) is 6.85. The van der Waals surface area contributed by atoms with Crippen molar-refractivity contribution in [3.63, 3.8) is 0 Å². The summed E-state index contributed by atoms with van der Waals surface area (Å²) in [7, 11) is 0. The van der Waals surface area contributed by atoms with E-state index in [1.54, 1.807) is 6.20 Å². The lowest BCUT2D eigenvalue weighted by molar-refractivity contribution is -0.182. The molecule has 1 aromatic heterocycles. The Bertz CT molecular complexity index is 972. The number of oxime groups is 1. The van der Waals surface area contributed by atoms with Crippen LogP contribution in [0.15, 0.2) is 41.7 Å². The van der Waals surface area contributed by atoms with Crippen molar-refractivity contribution in [3.8, 4) is 0 Å². The van der Waals surface area contributed by atoms with Gasteiger partial charge < -0.3 is 14.9 Å². The Morgan fingerprint density at radius 2 is 2.14 bits per heavy atom. The third-order valence-electron chi connectivity index (χ3n) is 5.34. The Hall–Kier alpha value is -3.03. The number of carbonyl (C=O) groups excluding carboxylic acids is 2. The molecule has 1 fully saturated rings. The first-order valence-corrected chi connectivity index (χ1v) is 9.13. The van der Waals surface area contributed by atoms with Gasteiger partial charge in [0.1, 0.15) is 12.4 Å². The monoisotopic (exact) mass is 385 g/mol. The Morgan fingerprint density at radius 1 is 1.36 bits per heavy atom. The highest BCUT2D eigenvalue weighted by Crippen LogP contribution is 2.35. The van der Waals surface area contributed by atoms with Gasteiger partial charge in [-0.25, -0.2) is 9.18 Å². The van der Waals surface area contributed by atoms with Gasteiger partial charge in [0.15, 0.2) is 12.1 Å². The normalized spacial score (nSPS) is 26.4. The molecule has 28 heavy (non-hydrogen) atoms. The van der Waals surface area contributed by atoms with E-state index in [0.29, 0.717) is 11.4 Å². The van der Waals surface area contributed by atoms with Crippen LogP contribution in [0.3, 0.4) is 0 Å². The molecule has 2 aromatic rings. The van der Waals surface area contributed by atoms with Crippen molar-refractivity contribution in [1.29, 1.82) is 0 Å². The minimum Gasteiger partial charge on any atom is -0.455 e. The van der Waals surface area contributed by atoms with Crippen molar-refractivity contribution in [3.05, 3.63) is 42.2 Å². The Morgan fingerprint density at radius 3 is 2.86 bits per heavy atom. The predicted octanol–water partition coefficient (Wildman–Crippen LogP) is 2.13. The standard InChI is InChI=1S/C20H20FN3O4/c1-11(2)20(19(26)23-17-15(10-21)27-18(17)25)9-14(24-28-20)16-13-6-4-3-5-12(13)7-8-22-16/h3-8,11,15,17H,9-10H2,1-2H3,(H,23,26). The number of pyridine rings is 1. The van der Waals surface area contributed by atoms with E-state index < -0.39 is 36.3 Å². The number of amides is 1. The number of hydrogen-bond donors (Lipinski definition) is 1. The van der Waals surface area contributed by atoms with Crippen molar-refractivity contribution in [2.45, 2.75) is 38.0 Å². The summed E-state index contributed by atoms with van der Waals surface area (Å²) in [6.45, 7) is 2.81. The smallest absolute Gasteiger partial charge is 0.333 e. The minimum absolute atomic E-state index is 0.194. The van der Waals surface area contributed by atoms with Crippen LogP contribution in [0.5, 0.6) is 0 Å². The number of halogens is 1. The first-order valence-electron chi connectivity index (χ1n) is 9.13. The van der Waals surface area contributed by atoms with Crippen LogP contribution in [0.4, 0.5) is 4.39 Å². The molecule has 7 nitrogen and oxygen atoms in total. The third kappa shape index (κ3) is 2.80. The van der Waals surface area contributed by atoms with E-state index in [9.17, 15) is 14.0 Å². The van der Waals surface area contributed by atoms with E-state index in [4.69, 9.17) is 4.84 Å². The summed E-state index contributed by atoms with van der Waals surface area (Å²) in [5, 5.41) is 8.65. The maximum Gasteiger partial charge on any atom is 0.333 e. The van der Waals surface area contributed by atoms with Gasteiger partial charge in [0.05, 0.1) is 5.69 Å². The molecule has 0 saturated carbocycles. The fourth-order valence-corrected chi connectivity index (χ4v) is 3.53. The lowest BCUT2D eigenvalue weighted by atomic mass is 9.83. The van der Waals surface area contributed by atoms with Crippen molar-refractivity contribution >= 4 is 28.4 Å². The molecular formula is C20H20FN3O4. The number of alkyl halides is 1. The number of cyclic esters (lactones) is 1. The van der Waals surface area contributed by atoms with Crippen LogP contribution in [0.25, 0.3) is 10.8 Å². The average molecular weight is 385 g/mol. The molecule has 1 saturated heterocycles. The first-order chi connectivity index (χ1) is 13.5. The van der Waals surface area contributed by atoms with Gasteiger partial charge >= 0.3 is 5.97 Å². The summed E-state index contributed by atoms with van der Waals surface area (Å²) in [5.74, 6) is -1.41. The number of fused-ring (bicyclic) bond motifs is 1. The molecule has 2 aliphatic heterocycles. The summed E-state index contributed by atoms with van der Waals surface area (Å²) in [4.78, 5) is 34.6. The van der Waals surface area contributed by atoms with E-state index in [0.717, 1.165) is 10.8 Å². The van der Waals surface area contributed by atoms with Crippen LogP contribution >= 0.6 is 0 Å². The van der Waals surface area contributed by atoms with Crippen LogP contribution < -0.4 is 5.32 Å². The van der Waals surface area contributed by atoms with E-state index in [1.165, 1.54) is 0 Å². The Kier molecular flexibility index (Phi) is 4.49. The molecule has 3 heterocycles. The van der Waals surface area contributed by atoms with E-state index >= 15 is 0 Å². The maximum absolute atomic E-state index is 13.0. The van der Waals surface area contributed by atoms with Gasteiger partial charge in [-0.05, 0) is 11.5 Å². The van der Waals surface area contributed by atoms with Gasteiger partial charge in [0.25, 0.3) is 5.91 Å². The second-order valence-electron chi connectivity index (χ2n) is 7.31. The van der Waals surface area contributed by atoms with E-state index in [-0.39, 0.29) is 12.3 Å². The second-order valence-corrected chi connectivity index (χ2v) is 7.31. The number of rotatable bonds is 5. The molecular weight excluding hydrogens is 365 g/mol. The number of hydrogen-bond acceptors (Lipinski definition) is 6. The topological polar surface area (TPSA) is 89.9 Å². The molecule has 4 rings (SSSR count). The van der Waals surface area contributed by atoms with Gasteiger partial charge in [-0.15, -0.1) is 0 Å². The molecule has 3 unspecified atom stereocenters. The molecule has 146 valence electrons. The lowest BCUT2D eigenvalue weighted by Gasteiger charge is -2.37. The van der Waals surface area contributed by atoms with Crippen molar-refractivity contribution in [2.24, 2.45) is 11.1 Å². The van der Waals surface area contributed by atoms with Gasteiger partial charge in [0, 0.05) is 23.9 Å². The highest BCUT2D eigenvalue weighted by Gasteiger charge is 2.53. The van der Waals surface area contributed by atoms with Gasteiger partial charge in [-0.1, -0.05) is 43.3 Å². The fraction of sp³-hybridized carbons (Fsp3) is 0.400. The number of nitrogens with one attached hydrogen (secondary N) is 1. The van der Waals surface area contributed by atoms with Gasteiger partial charge in [-0.3, -0.25) is 9.78 Å². The minimum atomic E-state index is -1.30. The quantitative estimate of drug-likeness (QED) is 0.797. The zero-order chi connectivity index (χ0) is 19.9. The fourth-order valence-electron chi connectivity index (χ4n) is 3.53. The molecule has 0 aliphatic carbocycles. The molecule has 0 radical (unpaired) electrons. The third-order valence-corrected chi connectivity index (χ3v) is 5.34. The molecule has 3 atom stereocenters. The van der Waals surface area contributed by atoms with E-state index in [2.05, 4.69) is 20.2 Å². The molecule has 0 bridgehead atoms. The van der Waals surface area contributed by atoms with Crippen LogP contribution in [0, 0.1) is 5.92 Å². The van der Waals surface area contributed by atoms with Gasteiger partial charge in [-0.2, -0.15) is 0 Å². The van der Waals surface area contributed by atoms with Crippen molar-refractivity contribution < 1.29 is 23.6 Å². The number of ether oxygens (including phenoxy) is 1. The van der Waals surface area contributed by atoms with Crippen LogP contribution in [0.2, 0.25) is 0 Å². The highest BCUT2D eigenvalue weighted by molar-refractivity contribution is 6.12. The zero-order valence-corrected chi connectivity index (χ0v) is 15.5. The van der Waals surface area contributed by atoms with Crippen molar-refractivity contribution in [1.82, 2.24) is 10.3 Å². The molecule has 8 heteroatoms. The van der Waals surface area contributed by atoms with Crippen molar-refractivity contribution in [2.75, 3.05) is 6.67 Å². The highest BCUT2D eigenvalue weighted by atomic mass is 19.1. The summed E-state index contributed by atoms with van der Waals surface area (Å²) in [6, 6.07) is 8.65. The number of esters is 1. The average Bonchev–Trinajstić information content (AvgIpc) is 3.16. The number of carbonyl (C=O) groups is 2. The lowest BCUT2D eigenvalue weighted by Crippen LogP contribution is -2.65. The molecule has 2 aliphatic rings.